The van der Waals surface area contributed by atoms with Gasteiger partial charge in [-0.2, -0.15) is 5.10 Å². The molecule has 0 aliphatic rings. The van der Waals surface area contributed by atoms with E-state index >= 15 is 0 Å². The summed E-state index contributed by atoms with van der Waals surface area (Å²) in [7, 11) is 1.98. The van der Waals surface area contributed by atoms with Crippen molar-refractivity contribution in [1.29, 1.82) is 0 Å². The Labute approximate surface area is 115 Å². The molecule has 2 N–H and O–H groups in total. The van der Waals surface area contributed by atoms with Gasteiger partial charge in [0.15, 0.2) is 0 Å². The van der Waals surface area contributed by atoms with E-state index in [0.717, 1.165) is 12.1 Å². The van der Waals surface area contributed by atoms with Crippen LogP contribution in [-0.2, 0) is 12.1 Å². The number of aliphatic hydroxyl groups excluding tert-OH is 2. The average molecular weight is 269 g/mol. The smallest absolute Gasteiger partial charge is 0.0543 e. The third kappa shape index (κ3) is 4.60. The molecule has 0 atom stereocenters. The summed E-state index contributed by atoms with van der Waals surface area (Å²) < 4.78 is 1.95. The SMILES string of the molecule is CN(Cc1cnn(C(C)(C)C)c1)CC(C)(CO)CO. The van der Waals surface area contributed by atoms with E-state index in [2.05, 4.69) is 30.8 Å². The Kier molecular flexibility index (Phi) is 5.12. The number of hydrogen-bond acceptors (Lipinski definition) is 4. The number of aliphatic hydroxyl groups is 2. The molecule has 0 saturated carbocycles. The van der Waals surface area contributed by atoms with E-state index in [0.29, 0.717) is 6.54 Å². The third-order valence-electron chi connectivity index (χ3n) is 3.19. The van der Waals surface area contributed by atoms with Crippen LogP contribution in [0.2, 0.25) is 0 Å². The first-order valence-electron chi connectivity index (χ1n) is 6.64. The second kappa shape index (κ2) is 6.03. The van der Waals surface area contributed by atoms with Gasteiger partial charge in [0.05, 0.1) is 24.9 Å². The first-order valence-corrected chi connectivity index (χ1v) is 6.64. The highest BCUT2D eigenvalue weighted by Crippen LogP contribution is 2.18. The molecule has 0 saturated heterocycles. The van der Waals surface area contributed by atoms with Gasteiger partial charge in [0.25, 0.3) is 0 Å². The van der Waals surface area contributed by atoms with Crippen molar-refractivity contribution in [3.63, 3.8) is 0 Å². The Balaban J connectivity index is 2.62. The first-order chi connectivity index (χ1) is 8.70. The minimum atomic E-state index is -0.464. The number of nitrogens with zero attached hydrogens (tertiary/aromatic N) is 3. The summed E-state index contributed by atoms with van der Waals surface area (Å²) in [6, 6.07) is 0. The summed E-state index contributed by atoms with van der Waals surface area (Å²) in [5.41, 5.74) is 0.659. The zero-order chi connectivity index (χ0) is 14.7. The van der Waals surface area contributed by atoms with Crippen molar-refractivity contribution in [2.24, 2.45) is 5.41 Å². The minimum Gasteiger partial charge on any atom is -0.396 e. The van der Waals surface area contributed by atoms with Crippen molar-refractivity contribution in [2.75, 3.05) is 26.8 Å². The summed E-state index contributed by atoms with van der Waals surface area (Å²) in [5, 5.41) is 23.0. The number of rotatable bonds is 6. The zero-order valence-electron chi connectivity index (χ0n) is 12.7. The molecular formula is C14H27N3O2. The van der Waals surface area contributed by atoms with Gasteiger partial charge < -0.3 is 15.1 Å². The van der Waals surface area contributed by atoms with E-state index in [1.807, 2.05) is 31.0 Å². The van der Waals surface area contributed by atoms with Crippen LogP contribution in [0.5, 0.6) is 0 Å². The fourth-order valence-electron chi connectivity index (χ4n) is 1.98. The Morgan fingerprint density at radius 3 is 2.21 bits per heavy atom. The van der Waals surface area contributed by atoms with Gasteiger partial charge in [-0.3, -0.25) is 4.68 Å². The molecule has 0 aromatic carbocycles. The molecule has 1 aromatic rings. The Bertz CT molecular complexity index is 392. The highest BCUT2D eigenvalue weighted by Gasteiger charge is 2.24. The molecule has 0 bridgehead atoms. The predicted molar refractivity (Wildman–Crippen MR) is 75.8 cm³/mol. The Hall–Kier alpha value is -0.910. The molecule has 1 rings (SSSR count). The molecule has 0 spiro atoms. The van der Waals surface area contributed by atoms with Crippen molar-refractivity contribution >= 4 is 0 Å². The molecule has 5 heteroatoms. The molecular weight excluding hydrogens is 242 g/mol. The van der Waals surface area contributed by atoms with E-state index in [-0.39, 0.29) is 18.8 Å². The largest absolute Gasteiger partial charge is 0.396 e. The summed E-state index contributed by atoms with van der Waals surface area (Å²) >= 11 is 0. The molecule has 0 aliphatic carbocycles. The van der Waals surface area contributed by atoms with E-state index in [1.165, 1.54) is 0 Å². The molecule has 110 valence electrons. The summed E-state index contributed by atoms with van der Waals surface area (Å²) in [4.78, 5) is 2.09. The van der Waals surface area contributed by atoms with Gasteiger partial charge in [0.1, 0.15) is 0 Å². The maximum absolute atomic E-state index is 9.31. The lowest BCUT2D eigenvalue weighted by atomic mass is 9.92. The Morgan fingerprint density at radius 2 is 1.79 bits per heavy atom. The van der Waals surface area contributed by atoms with Crippen molar-refractivity contribution in [2.45, 2.75) is 39.8 Å². The van der Waals surface area contributed by atoms with Gasteiger partial charge in [-0.15, -0.1) is 0 Å². The zero-order valence-corrected chi connectivity index (χ0v) is 12.7. The van der Waals surface area contributed by atoms with E-state index in [4.69, 9.17) is 0 Å². The lowest BCUT2D eigenvalue weighted by Gasteiger charge is -2.30. The Morgan fingerprint density at radius 1 is 1.21 bits per heavy atom. The molecule has 19 heavy (non-hydrogen) atoms. The molecule has 0 radical (unpaired) electrons. The van der Waals surface area contributed by atoms with Crippen molar-refractivity contribution in [1.82, 2.24) is 14.7 Å². The molecule has 1 heterocycles. The lowest BCUT2D eigenvalue weighted by Crippen LogP contribution is -2.38. The molecule has 0 amide bonds. The first kappa shape index (κ1) is 16.1. The van der Waals surface area contributed by atoms with Gasteiger partial charge >= 0.3 is 0 Å². The highest BCUT2D eigenvalue weighted by atomic mass is 16.3. The molecule has 0 aliphatic heterocycles. The van der Waals surface area contributed by atoms with Gasteiger partial charge in [-0.05, 0) is 27.8 Å². The van der Waals surface area contributed by atoms with Crippen LogP contribution in [0.15, 0.2) is 12.4 Å². The van der Waals surface area contributed by atoms with Gasteiger partial charge in [-0.25, -0.2) is 0 Å². The number of aromatic nitrogens is 2. The van der Waals surface area contributed by atoms with Crippen LogP contribution in [-0.4, -0.2) is 51.7 Å². The van der Waals surface area contributed by atoms with Crippen molar-refractivity contribution in [3.05, 3.63) is 18.0 Å². The molecule has 0 unspecified atom stereocenters. The van der Waals surface area contributed by atoms with Crippen LogP contribution in [0.1, 0.15) is 33.3 Å². The van der Waals surface area contributed by atoms with E-state index in [1.54, 1.807) is 0 Å². The predicted octanol–water partition coefficient (Wildman–Crippen LogP) is 1.06. The minimum absolute atomic E-state index is 0.0124. The van der Waals surface area contributed by atoms with Gasteiger partial charge in [0.2, 0.25) is 0 Å². The van der Waals surface area contributed by atoms with Gasteiger partial charge in [0, 0.05) is 30.3 Å². The molecule has 5 nitrogen and oxygen atoms in total. The van der Waals surface area contributed by atoms with Crippen LogP contribution in [0, 0.1) is 5.41 Å². The summed E-state index contributed by atoms with van der Waals surface area (Å²) in [6.45, 7) is 9.57. The summed E-state index contributed by atoms with van der Waals surface area (Å²) in [5.74, 6) is 0. The van der Waals surface area contributed by atoms with Crippen LogP contribution in [0.25, 0.3) is 0 Å². The second-order valence-electron chi connectivity index (χ2n) is 6.76. The normalized spacial score (nSPS) is 13.3. The van der Waals surface area contributed by atoms with E-state index < -0.39 is 5.41 Å². The van der Waals surface area contributed by atoms with Crippen LogP contribution in [0.3, 0.4) is 0 Å². The average Bonchev–Trinajstić information content (AvgIpc) is 2.76. The lowest BCUT2D eigenvalue weighted by molar-refractivity contribution is 0.0402. The monoisotopic (exact) mass is 269 g/mol. The standard InChI is InChI=1S/C14H27N3O2/c1-13(2,3)17-8-12(6-15-17)7-16(5)9-14(4,10-18)11-19/h6,8,18-19H,7,9-11H2,1-5H3. The van der Waals surface area contributed by atoms with Crippen LogP contribution >= 0.6 is 0 Å². The quantitative estimate of drug-likeness (QED) is 0.810. The number of hydrogen-bond donors (Lipinski definition) is 2. The van der Waals surface area contributed by atoms with Crippen molar-refractivity contribution in [3.8, 4) is 0 Å². The molecule has 1 aromatic heterocycles. The maximum atomic E-state index is 9.31. The fraction of sp³-hybridized carbons (Fsp3) is 0.786. The topological polar surface area (TPSA) is 61.5 Å². The highest BCUT2D eigenvalue weighted by molar-refractivity contribution is 5.05. The van der Waals surface area contributed by atoms with Crippen LogP contribution < -0.4 is 0 Å². The van der Waals surface area contributed by atoms with Gasteiger partial charge in [-0.1, -0.05) is 6.92 Å². The fourth-order valence-corrected chi connectivity index (χ4v) is 1.98. The van der Waals surface area contributed by atoms with E-state index in [9.17, 15) is 10.2 Å². The van der Waals surface area contributed by atoms with Crippen molar-refractivity contribution < 1.29 is 10.2 Å². The third-order valence-corrected chi connectivity index (χ3v) is 3.19. The maximum Gasteiger partial charge on any atom is 0.0543 e. The second-order valence-corrected chi connectivity index (χ2v) is 6.76. The van der Waals surface area contributed by atoms with Crippen LogP contribution in [0.4, 0.5) is 0 Å². The summed E-state index contributed by atoms with van der Waals surface area (Å²) in [6.07, 6.45) is 3.92. The molecule has 0 fully saturated rings.